The summed E-state index contributed by atoms with van der Waals surface area (Å²) in [5.74, 6) is 0.854. The first-order valence-electron chi connectivity index (χ1n) is 8.88. The van der Waals surface area contributed by atoms with E-state index in [2.05, 4.69) is 40.3 Å². The maximum atomic E-state index is 4.29. The number of benzene rings is 1. The van der Waals surface area contributed by atoms with E-state index in [-0.39, 0.29) is 0 Å². The minimum absolute atomic E-state index is 0.434. The van der Waals surface area contributed by atoms with Gasteiger partial charge in [-0.1, -0.05) is 36.3 Å². The van der Waals surface area contributed by atoms with Gasteiger partial charge in [0.2, 0.25) is 0 Å². The predicted molar refractivity (Wildman–Crippen MR) is 93.7 cm³/mol. The molecule has 1 saturated carbocycles. The Hall–Kier alpha value is -1.26. The van der Waals surface area contributed by atoms with Gasteiger partial charge in [0.1, 0.15) is 10.5 Å². The van der Waals surface area contributed by atoms with E-state index in [0.717, 1.165) is 17.0 Å². The monoisotopic (exact) mass is 325 g/mol. The summed E-state index contributed by atoms with van der Waals surface area (Å²) in [7, 11) is 2.34. The van der Waals surface area contributed by atoms with Crippen LogP contribution in [0.2, 0.25) is 0 Å². The molecule has 3 aliphatic rings. The van der Waals surface area contributed by atoms with Crippen molar-refractivity contribution >= 4 is 11.3 Å². The van der Waals surface area contributed by atoms with Crippen LogP contribution in [0.1, 0.15) is 43.2 Å². The first-order valence-corrected chi connectivity index (χ1v) is 9.76. The van der Waals surface area contributed by atoms with Crippen molar-refractivity contribution < 1.29 is 0 Å². The van der Waals surface area contributed by atoms with Crippen LogP contribution in [-0.2, 0) is 11.8 Å². The molecule has 23 heavy (non-hydrogen) atoms. The SMILES string of the molecule is CN1CCC23CCCCC2[C@@H]1Cc1ccc(-c2nncs2)cc13. The van der Waals surface area contributed by atoms with Crippen LogP contribution in [0.4, 0.5) is 0 Å². The summed E-state index contributed by atoms with van der Waals surface area (Å²) in [6.07, 6.45) is 8.18. The van der Waals surface area contributed by atoms with E-state index in [1.165, 1.54) is 50.6 Å². The molecule has 2 bridgehead atoms. The van der Waals surface area contributed by atoms with E-state index in [9.17, 15) is 0 Å². The van der Waals surface area contributed by atoms with Crippen molar-refractivity contribution in [2.45, 2.75) is 50.0 Å². The molecule has 1 aliphatic heterocycles. The Morgan fingerprint density at radius 2 is 2.22 bits per heavy atom. The van der Waals surface area contributed by atoms with Crippen LogP contribution in [0.5, 0.6) is 0 Å². The third-order valence-corrected chi connectivity index (χ3v) is 7.46. The van der Waals surface area contributed by atoms with Crippen LogP contribution in [-0.4, -0.2) is 34.7 Å². The highest BCUT2D eigenvalue weighted by Gasteiger charge is 2.52. The summed E-state index contributed by atoms with van der Waals surface area (Å²) in [5, 5.41) is 9.38. The normalized spacial score (nSPS) is 33.1. The molecule has 0 amide bonds. The number of aromatic nitrogens is 2. The number of fused-ring (bicyclic) bond motifs is 1. The van der Waals surface area contributed by atoms with Gasteiger partial charge in [0.05, 0.1) is 0 Å². The average molecular weight is 325 g/mol. The Morgan fingerprint density at radius 3 is 3.09 bits per heavy atom. The first-order chi connectivity index (χ1) is 11.3. The topological polar surface area (TPSA) is 29.0 Å². The highest BCUT2D eigenvalue weighted by atomic mass is 32.1. The number of rotatable bonds is 1. The molecule has 2 unspecified atom stereocenters. The number of hydrogen-bond donors (Lipinski definition) is 0. The Bertz CT molecular complexity index is 726. The van der Waals surface area contributed by atoms with E-state index in [1.807, 2.05) is 5.51 Å². The van der Waals surface area contributed by atoms with Crippen molar-refractivity contribution in [2.24, 2.45) is 5.92 Å². The second-order valence-corrected chi connectivity index (χ2v) is 8.46. The molecular formula is C19H23N3S. The quantitative estimate of drug-likeness (QED) is 0.796. The van der Waals surface area contributed by atoms with Crippen molar-refractivity contribution in [3.05, 3.63) is 34.8 Å². The zero-order valence-corrected chi connectivity index (χ0v) is 14.5. The number of piperidine rings is 1. The number of nitrogens with zero attached hydrogens (tertiary/aromatic N) is 3. The molecule has 3 atom stereocenters. The summed E-state index contributed by atoms with van der Waals surface area (Å²) >= 11 is 1.65. The van der Waals surface area contributed by atoms with Gasteiger partial charge in [0.25, 0.3) is 0 Å². The van der Waals surface area contributed by atoms with Crippen molar-refractivity contribution in [1.82, 2.24) is 15.1 Å². The zero-order valence-electron chi connectivity index (χ0n) is 13.7. The molecule has 2 aliphatic carbocycles. The summed E-state index contributed by atoms with van der Waals surface area (Å²) in [5.41, 5.74) is 6.78. The lowest BCUT2D eigenvalue weighted by atomic mass is 9.52. The lowest BCUT2D eigenvalue weighted by Crippen LogP contribution is -2.59. The van der Waals surface area contributed by atoms with Gasteiger partial charge < -0.3 is 4.90 Å². The van der Waals surface area contributed by atoms with E-state index in [0.29, 0.717) is 5.41 Å². The van der Waals surface area contributed by atoms with Crippen molar-refractivity contribution in [2.75, 3.05) is 13.6 Å². The van der Waals surface area contributed by atoms with Crippen molar-refractivity contribution in [1.29, 1.82) is 0 Å². The third-order valence-electron chi connectivity index (χ3n) is 6.72. The number of likely N-dealkylation sites (tertiary alicyclic amines) is 1. The lowest BCUT2D eigenvalue weighted by Gasteiger charge is -2.58. The van der Waals surface area contributed by atoms with Crippen LogP contribution in [0, 0.1) is 5.92 Å². The largest absolute Gasteiger partial charge is 0.303 e. The highest BCUT2D eigenvalue weighted by Crippen LogP contribution is 2.55. The van der Waals surface area contributed by atoms with Crippen LogP contribution < -0.4 is 0 Å². The summed E-state index contributed by atoms with van der Waals surface area (Å²) < 4.78 is 0. The molecular weight excluding hydrogens is 302 g/mol. The molecule has 1 saturated heterocycles. The highest BCUT2D eigenvalue weighted by molar-refractivity contribution is 7.12. The van der Waals surface area contributed by atoms with Gasteiger partial charge in [-0.3, -0.25) is 0 Å². The Balaban J connectivity index is 1.68. The number of hydrogen-bond acceptors (Lipinski definition) is 4. The van der Waals surface area contributed by atoms with Gasteiger partial charge >= 0.3 is 0 Å². The fourth-order valence-electron chi connectivity index (χ4n) is 5.63. The second-order valence-electron chi connectivity index (χ2n) is 7.63. The van der Waals surface area contributed by atoms with Crippen LogP contribution in [0.3, 0.4) is 0 Å². The number of likely N-dealkylation sites (N-methyl/N-ethyl adjacent to an activating group) is 1. The Kier molecular flexibility index (Phi) is 3.14. The average Bonchev–Trinajstić information content (AvgIpc) is 3.12. The molecule has 3 nitrogen and oxygen atoms in total. The van der Waals surface area contributed by atoms with Gasteiger partial charge in [0.15, 0.2) is 0 Å². The van der Waals surface area contributed by atoms with Crippen LogP contribution >= 0.6 is 11.3 Å². The molecule has 2 fully saturated rings. The van der Waals surface area contributed by atoms with Gasteiger partial charge in [-0.05, 0) is 62.4 Å². The minimum atomic E-state index is 0.434. The molecule has 4 heteroatoms. The van der Waals surface area contributed by atoms with Crippen LogP contribution in [0.15, 0.2) is 23.7 Å². The maximum absolute atomic E-state index is 4.29. The summed E-state index contributed by atoms with van der Waals surface area (Å²) in [6, 6.07) is 7.86. The fraction of sp³-hybridized carbons (Fsp3) is 0.579. The molecule has 2 heterocycles. The summed E-state index contributed by atoms with van der Waals surface area (Å²) in [6.45, 7) is 1.25. The Morgan fingerprint density at radius 1 is 1.26 bits per heavy atom. The molecule has 0 N–H and O–H groups in total. The van der Waals surface area contributed by atoms with Gasteiger partial charge in [-0.25, -0.2) is 0 Å². The fourth-order valence-corrected chi connectivity index (χ4v) is 6.18. The summed E-state index contributed by atoms with van der Waals surface area (Å²) in [4.78, 5) is 2.63. The van der Waals surface area contributed by atoms with E-state index < -0.39 is 0 Å². The molecule has 1 aromatic heterocycles. The molecule has 0 spiro atoms. The van der Waals surface area contributed by atoms with Crippen molar-refractivity contribution in [3.8, 4) is 10.6 Å². The minimum Gasteiger partial charge on any atom is -0.303 e. The third kappa shape index (κ3) is 1.97. The van der Waals surface area contributed by atoms with Gasteiger partial charge in [-0.15, -0.1) is 10.2 Å². The van der Waals surface area contributed by atoms with Gasteiger partial charge in [0, 0.05) is 17.0 Å². The zero-order chi connectivity index (χ0) is 15.4. The molecule has 1 aromatic carbocycles. The maximum Gasteiger partial charge on any atom is 0.147 e. The van der Waals surface area contributed by atoms with Crippen molar-refractivity contribution in [3.63, 3.8) is 0 Å². The molecule has 120 valence electrons. The molecule has 5 rings (SSSR count). The predicted octanol–water partition coefficient (Wildman–Crippen LogP) is 3.89. The Labute approximate surface area is 141 Å². The van der Waals surface area contributed by atoms with E-state index in [4.69, 9.17) is 0 Å². The lowest BCUT2D eigenvalue weighted by molar-refractivity contribution is 0.00290. The molecule has 2 aromatic rings. The van der Waals surface area contributed by atoms with E-state index >= 15 is 0 Å². The van der Waals surface area contributed by atoms with Gasteiger partial charge in [-0.2, -0.15) is 0 Å². The van der Waals surface area contributed by atoms with E-state index in [1.54, 1.807) is 22.5 Å². The second kappa shape index (κ2) is 5.12. The van der Waals surface area contributed by atoms with Crippen LogP contribution in [0.25, 0.3) is 10.6 Å². The first kappa shape index (κ1) is 14.1. The molecule has 0 radical (unpaired) electrons. The standard InChI is InChI=1S/C19H23N3S/c1-22-9-8-19-7-3-2-4-15(19)17(22)11-13-5-6-14(10-16(13)19)18-21-20-12-23-18/h5-6,10,12,15,17H,2-4,7-9,11H2,1H3/t15?,17-,19?/m0/s1. The smallest absolute Gasteiger partial charge is 0.147 e.